The molecule has 4 heteroatoms. The molecular formula is C17H26Cl2N2. The number of benzene rings is 1. The quantitative estimate of drug-likeness (QED) is 0.856. The van der Waals surface area contributed by atoms with E-state index in [0.29, 0.717) is 23.0 Å². The van der Waals surface area contributed by atoms with Gasteiger partial charge in [0, 0.05) is 22.1 Å². The number of nitrogens with zero attached hydrogens (tertiary/aromatic N) is 1. The van der Waals surface area contributed by atoms with Crippen molar-refractivity contribution >= 4 is 23.2 Å². The summed E-state index contributed by atoms with van der Waals surface area (Å²) >= 11 is 12.6. The monoisotopic (exact) mass is 328 g/mol. The van der Waals surface area contributed by atoms with Crippen molar-refractivity contribution in [1.82, 2.24) is 10.2 Å². The number of hydrogen-bond acceptors (Lipinski definition) is 2. The Bertz CT molecular complexity index is 462. The maximum absolute atomic E-state index is 6.52. The van der Waals surface area contributed by atoms with Crippen molar-refractivity contribution in [2.24, 2.45) is 5.92 Å². The smallest absolute Gasteiger partial charge is 0.0468 e. The summed E-state index contributed by atoms with van der Waals surface area (Å²) in [6.45, 7) is 6.71. The molecule has 2 atom stereocenters. The summed E-state index contributed by atoms with van der Waals surface area (Å²) in [5.74, 6) is 0.582. The minimum Gasteiger partial charge on any atom is -0.319 e. The van der Waals surface area contributed by atoms with Crippen LogP contribution in [0.15, 0.2) is 18.2 Å². The van der Waals surface area contributed by atoms with Crippen LogP contribution >= 0.6 is 23.2 Å². The van der Waals surface area contributed by atoms with Crippen molar-refractivity contribution < 1.29 is 0 Å². The topological polar surface area (TPSA) is 15.3 Å². The van der Waals surface area contributed by atoms with Gasteiger partial charge in [-0.25, -0.2) is 0 Å². The third-order valence-electron chi connectivity index (χ3n) is 4.46. The van der Waals surface area contributed by atoms with Crippen LogP contribution in [0.5, 0.6) is 0 Å². The molecule has 2 rings (SSSR count). The first-order valence-corrected chi connectivity index (χ1v) is 8.65. The normalized spacial score (nSPS) is 24.3. The summed E-state index contributed by atoms with van der Waals surface area (Å²) in [4.78, 5) is 2.60. The van der Waals surface area contributed by atoms with E-state index in [2.05, 4.69) is 30.1 Å². The fourth-order valence-electron chi connectivity index (χ4n) is 3.50. The first-order valence-electron chi connectivity index (χ1n) is 7.90. The predicted octanol–water partition coefficient (Wildman–Crippen LogP) is 4.76. The Balaban J connectivity index is 2.42. The average molecular weight is 329 g/mol. The molecule has 0 amide bonds. The van der Waals surface area contributed by atoms with E-state index in [1.165, 1.54) is 24.8 Å². The molecule has 21 heavy (non-hydrogen) atoms. The van der Waals surface area contributed by atoms with Gasteiger partial charge < -0.3 is 5.32 Å². The standard InChI is InChI=1S/C17H26Cl2N2/c1-12(2)21-9-5-4-6-13(11-20-3)17(21)15-8-7-14(18)10-16(15)19/h7-8,10,12-13,17,20H,4-6,9,11H2,1-3H3. The van der Waals surface area contributed by atoms with Crippen LogP contribution in [0.3, 0.4) is 0 Å². The Morgan fingerprint density at radius 1 is 1.29 bits per heavy atom. The maximum Gasteiger partial charge on any atom is 0.0468 e. The third-order valence-corrected chi connectivity index (χ3v) is 5.02. The molecule has 0 aromatic heterocycles. The SMILES string of the molecule is CNCC1CCCCN(C(C)C)C1c1ccc(Cl)cc1Cl. The molecule has 118 valence electrons. The van der Waals surface area contributed by atoms with E-state index in [1.54, 1.807) is 0 Å². The summed E-state index contributed by atoms with van der Waals surface area (Å²) in [6, 6.07) is 6.82. The van der Waals surface area contributed by atoms with Crippen LogP contribution in [0.1, 0.15) is 44.7 Å². The van der Waals surface area contributed by atoms with Crippen molar-refractivity contribution in [2.45, 2.75) is 45.2 Å². The Morgan fingerprint density at radius 2 is 2.05 bits per heavy atom. The van der Waals surface area contributed by atoms with Crippen LogP contribution in [0, 0.1) is 5.92 Å². The summed E-state index contributed by atoms with van der Waals surface area (Å²) < 4.78 is 0. The Labute approximate surface area is 138 Å². The fraction of sp³-hybridized carbons (Fsp3) is 0.647. The van der Waals surface area contributed by atoms with Crippen LogP contribution in [-0.4, -0.2) is 31.1 Å². The van der Waals surface area contributed by atoms with Gasteiger partial charge in [0.2, 0.25) is 0 Å². The summed E-state index contributed by atoms with van der Waals surface area (Å²) in [5.41, 5.74) is 1.22. The van der Waals surface area contributed by atoms with Gasteiger partial charge in [-0.3, -0.25) is 4.90 Å². The summed E-state index contributed by atoms with van der Waals surface area (Å²) in [7, 11) is 2.03. The van der Waals surface area contributed by atoms with Gasteiger partial charge >= 0.3 is 0 Å². The lowest BCUT2D eigenvalue weighted by atomic mass is 9.88. The zero-order chi connectivity index (χ0) is 15.4. The van der Waals surface area contributed by atoms with Crippen molar-refractivity contribution in [3.8, 4) is 0 Å². The highest BCUT2D eigenvalue weighted by molar-refractivity contribution is 6.35. The van der Waals surface area contributed by atoms with Gasteiger partial charge in [0.1, 0.15) is 0 Å². The molecule has 2 unspecified atom stereocenters. The highest BCUT2D eigenvalue weighted by atomic mass is 35.5. The zero-order valence-corrected chi connectivity index (χ0v) is 14.7. The minimum atomic E-state index is 0.365. The number of likely N-dealkylation sites (tertiary alicyclic amines) is 1. The lowest BCUT2D eigenvalue weighted by Crippen LogP contribution is -2.40. The van der Waals surface area contributed by atoms with Gasteiger partial charge in [0.25, 0.3) is 0 Å². The van der Waals surface area contributed by atoms with E-state index in [0.717, 1.165) is 18.1 Å². The molecule has 0 radical (unpaired) electrons. The molecule has 0 saturated carbocycles. The van der Waals surface area contributed by atoms with E-state index in [4.69, 9.17) is 23.2 Å². The molecule has 1 heterocycles. The Morgan fingerprint density at radius 3 is 2.67 bits per heavy atom. The maximum atomic E-state index is 6.52. The second-order valence-corrected chi connectivity index (χ2v) is 7.10. The van der Waals surface area contributed by atoms with Crippen LogP contribution in [0.2, 0.25) is 10.0 Å². The molecule has 1 saturated heterocycles. The van der Waals surface area contributed by atoms with Crippen molar-refractivity contribution in [2.75, 3.05) is 20.1 Å². The molecule has 1 N–H and O–H groups in total. The van der Waals surface area contributed by atoms with E-state index >= 15 is 0 Å². The fourth-order valence-corrected chi connectivity index (χ4v) is 4.02. The highest BCUT2D eigenvalue weighted by Crippen LogP contribution is 2.39. The lowest BCUT2D eigenvalue weighted by Gasteiger charge is -2.38. The molecule has 0 spiro atoms. The van der Waals surface area contributed by atoms with Gasteiger partial charge in [-0.15, -0.1) is 0 Å². The number of nitrogens with one attached hydrogen (secondary N) is 1. The van der Waals surface area contributed by atoms with E-state index in [9.17, 15) is 0 Å². The largest absolute Gasteiger partial charge is 0.319 e. The number of rotatable bonds is 4. The lowest BCUT2D eigenvalue weighted by molar-refractivity contribution is 0.119. The van der Waals surface area contributed by atoms with Crippen molar-refractivity contribution in [1.29, 1.82) is 0 Å². The van der Waals surface area contributed by atoms with Gasteiger partial charge in [-0.05, 0) is 70.4 Å². The minimum absolute atomic E-state index is 0.365. The van der Waals surface area contributed by atoms with Gasteiger partial charge in [0.15, 0.2) is 0 Å². The second kappa shape index (κ2) is 7.82. The molecule has 2 nitrogen and oxygen atoms in total. The number of hydrogen-bond donors (Lipinski definition) is 1. The predicted molar refractivity (Wildman–Crippen MR) is 92.3 cm³/mol. The zero-order valence-electron chi connectivity index (χ0n) is 13.2. The number of halogens is 2. The van der Waals surface area contributed by atoms with E-state index in [1.807, 2.05) is 19.2 Å². The van der Waals surface area contributed by atoms with Crippen molar-refractivity contribution in [3.63, 3.8) is 0 Å². The summed E-state index contributed by atoms with van der Waals surface area (Å²) in [6.07, 6.45) is 3.80. The second-order valence-electron chi connectivity index (χ2n) is 6.26. The molecule has 1 aromatic rings. The molecule has 1 aromatic carbocycles. The third kappa shape index (κ3) is 4.13. The molecule has 0 bridgehead atoms. The van der Waals surface area contributed by atoms with Crippen LogP contribution in [0.25, 0.3) is 0 Å². The van der Waals surface area contributed by atoms with Crippen LogP contribution < -0.4 is 5.32 Å². The van der Waals surface area contributed by atoms with Gasteiger partial charge in [-0.1, -0.05) is 35.7 Å². The Hall–Kier alpha value is -0.280. The molecule has 1 aliphatic heterocycles. The Kier molecular flexibility index (Phi) is 6.36. The summed E-state index contributed by atoms with van der Waals surface area (Å²) in [5, 5.41) is 4.86. The van der Waals surface area contributed by atoms with Crippen LogP contribution in [0.4, 0.5) is 0 Å². The first-order chi connectivity index (χ1) is 10.0. The van der Waals surface area contributed by atoms with Gasteiger partial charge in [0.05, 0.1) is 0 Å². The van der Waals surface area contributed by atoms with Crippen LogP contribution in [-0.2, 0) is 0 Å². The molecule has 1 aliphatic rings. The molecule has 1 fully saturated rings. The average Bonchev–Trinajstić information content (AvgIpc) is 2.62. The van der Waals surface area contributed by atoms with E-state index < -0.39 is 0 Å². The highest BCUT2D eigenvalue weighted by Gasteiger charge is 2.33. The van der Waals surface area contributed by atoms with E-state index in [-0.39, 0.29) is 0 Å². The van der Waals surface area contributed by atoms with Crippen molar-refractivity contribution in [3.05, 3.63) is 33.8 Å². The molecule has 0 aliphatic carbocycles. The molecular weight excluding hydrogens is 303 g/mol. The van der Waals surface area contributed by atoms with Gasteiger partial charge in [-0.2, -0.15) is 0 Å². The first kappa shape index (κ1) is 17.1.